The van der Waals surface area contributed by atoms with Gasteiger partial charge in [0.15, 0.2) is 11.5 Å². The van der Waals surface area contributed by atoms with Crippen molar-refractivity contribution in [1.82, 2.24) is 4.90 Å². The predicted octanol–water partition coefficient (Wildman–Crippen LogP) is 4.60. The molecule has 0 saturated carbocycles. The van der Waals surface area contributed by atoms with E-state index >= 15 is 0 Å². The van der Waals surface area contributed by atoms with Crippen molar-refractivity contribution in [3.63, 3.8) is 0 Å². The zero-order valence-corrected chi connectivity index (χ0v) is 15.0. The van der Waals surface area contributed by atoms with Crippen molar-refractivity contribution in [2.75, 3.05) is 26.3 Å². The highest BCUT2D eigenvalue weighted by Crippen LogP contribution is 2.37. The maximum atomic E-state index is 12.5. The third-order valence-electron chi connectivity index (χ3n) is 3.98. The lowest BCUT2D eigenvalue weighted by atomic mass is 10.1. The molecule has 1 aliphatic rings. The van der Waals surface area contributed by atoms with E-state index in [4.69, 9.17) is 9.47 Å². The third kappa shape index (κ3) is 4.30. The third-order valence-corrected chi connectivity index (χ3v) is 5.10. The smallest absolute Gasteiger partial charge is 0.390 e. The first-order chi connectivity index (χ1) is 12.4. The Morgan fingerprint density at radius 2 is 1.88 bits per heavy atom. The fraction of sp³-hybridized carbons (Fsp3) is 0.389. The first-order valence-electron chi connectivity index (χ1n) is 8.23. The molecule has 8 heteroatoms. The number of rotatable bonds is 5. The first kappa shape index (κ1) is 18.6. The molecule has 1 aromatic heterocycles. The minimum absolute atomic E-state index is 0.228. The molecule has 0 spiro atoms. The summed E-state index contributed by atoms with van der Waals surface area (Å²) in [5, 5.41) is 0. The van der Waals surface area contributed by atoms with Gasteiger partial charge in [-0.25, -0.2) is 0 Å². The molecule has 4 nitrogen and oxygen atoms in total. The van der Waals surface area contributed by atoms with Crippen LogP contribution in [0.5, 0.6) is 11.5 Å². The Morgan fingerprint density at radius 3 is 2.58 bits per heavy atom. The number of benzene rings is 1. The fourth-order valence-electron chi connectivity index (χ4n) is 2.63. The van der Waals surface area contributed by atoms with Gasteiger partial charge >= 0.3 is 6.18 Å². The Labute approximate surface area is 153 Å². The summed E-state index contributed by atoms with van der Waals surface area (Å²) in [7, 11) is 0. The van der Waals surface area contributed by atoms with Gasteiger partial charge in [0.1, 0.15) is 13.2 Å². The minimum Gasteiger partial charge on any atom is -0.486 e. The number of nitrogens with zero attached hydrogens (tertiary/aromatic N) is 1. The molecule has 3 rings (SSSR count). The second kappa shape index (κ2) is 7.57. The molecule has 0 N–H and O–H groups in total. The van der Waals surface area contributed by atoms with Crippen LogP contribution in [0.25, 0.3) is 10.4 Å². The van der Waals surface area contributed by atoms with Crippen molar-refractivity contribution in [1.29, 1.82) is 0 Å². The number of hydrogen-bond donors (Lipinski definition) is 0. The summed E-state index contributed by atoms with van der Waals surface area (Å²) in [5.74, 6) is 0.943. The van der Waals surface area contributed by atoms with Gasteiger partial charge in [0.25, 0.3) is 5.91 Å². The van der Waals surface area contributed by atoms with Crippen LogP contribution in [-0.2, 0) is 0 Å². The molecule has 1 aromatic carbocycles. The predicted molar refractivity (Wildman–Crippen MR) is 93.0 cm³/mol. The highest BCUT2D eigenvalue weighted by Gasteiger charge is 2.29. The summed E-state index contributed by atoms with van der Waals surface area (Å²) in [5.41, 5.74) is 0.872. The van der Waals surface area contributed by atoms with Crippen LogP contribution in [0.4, 0.5) is 13.2 Å². The van der Waals surface area contributed by atoms with E-state index < -0.39 is 12.6 Å². The second-order valence-electron chi connectivity index (χ2n) is 5.77. The van der Waals surface area contributed by atoms with Crippen molar-refractivity contribution >= 4 is 17.2 Å². The summed E-state index contributed by atoms with van der Waals surface area (Å²) in [6, 6.07) is 8.97. The first-order valence-corrected chi connectivity index (χ1v) is 9.05. The number of fused-ring (bicyclic) bond motifs is 1. The van der Waals surface area contributed by atoms with Crippen molar-refractivity contribution in [3.05, 3.63) is 35.2 Å². The van der Waals surface area contributed by atoms with Crippen molar-refractivity contribution in [2.24, 2.45) is 0 Å². The van der Waals surface area contributed by atoms with Gasteiger partial charge < -0.3 is 14.4 Å². The lowest BCUT2D eigenvalue weighted by molar-refractivity contribution is -0.136. The number of halogens is 3. The van der Waals surface area contributed by atoms with E-state index in [9.17, 15) is 18.0 Å². The van der Waals surface area contributed by atoms with Crippen LogP contribution in [0.3, 0.4) is 0 Å². The molecule has 0 saturated heterocycles. The number of ether oxygens (including phenoxy) is 2. The van der Waals surface area contributed by atoms with Gasteiger partial charge in [-0.15, -0.1) is 11.3 Å². The zero-order valence-electron chi connectivity index (χ0n) is 14.1. The average molecular weight is 385 g/mol. The van der Waals surface area contributed by atoms with Crippen LogP contribution in [-0.4, -0.2) is 43.3 Å². The van der Waals surface area contributed by atoms with Crippen molar-refractivity contribution < 1.29 is 27.4 Å². The molecule has 1 aliphatic heterocycles. The molecular weight excluding hydrogens is 367 g/mol. The molecule has 1 amide bonds. The maximum absolute atomic E-state index is 12.5. The van der Waals surface area contributed by atoms with Crippen LogP contribution >= 0.6 is 11.3 Å². The van der Waals surface area contributed by atoms with E-state index in [0.717, 1.165) is 10.4 Å². The zero-order chi connectivity index (χ0) is 18.7. The van der Waals surface area contributed by atoms with Gasteiger partial charge in [-0.1, -0.05) is 0 Å². The number of alkyl halides is 3. The number of carbonyl (C=O) groups is 1. The monoisotopic (exact) mass is 385 g/mol. The standard InChI is InChI=1S/C18H18F3NO3S/c1-2-22(8-7-18(19,20)21)17(23)16-6-5-15(26-16)12-3-4-13-14(11-12)25-10-9-24-13/h3-6,11H,2,7-10H2,1H3. The highest BCUT2D eigenvalue weighted by molar-refractivity contribution is 7.17. The van der Waals surface area contributed by atoms with Crippen LogP contribution in [0.15, 0.2) is 30.3 Å². The van der Waals surface area contributed by atoms with Gasteiger partial charge in [-0.2, -0.15) is 13.2 Å². The molecule has 2 aromatic rings. The van der Waals surface area contributed by atoms with Gasteiger partial charge in [0.05, 0.1) is 11.3 Å². The molecule has 0 aliphatic carbocycles. The molecular formula is C18H18F3NO3S. The lowest BCUT2D eigenvalue weighted by Crippen LogP contribution is -2.33. The topological polar surface area (TPSA) is 38.8 Å². The van der Waals surface area contributed by atoms with Gasteiger partial charge in [0, 0.05) is 18.0 Å². The number of amides is 1. The molecule has 26 heavy (non-hydrogen) atoms. The average Bonchev–Trinajstić information content (AvgIpc) is 3.11. The Balaban J connectivity index is 1.75. The second-order valence-corrected chi connectivity index (χ2v) is 6.86. The Morgan fingerprint density at radius 1 is 1.15 bits per heavy atom. The molecule has 140 valence electrons. The molecule has 2 heterocycles. The van der Waals surface area contributed by atoms with E-state index in [0.29, 0.717) is 29.6 Å². The Bertz CT molecular complexity index is 788. The van der Waals surface area contributed by atoms with Gasteiger partial charge in [-0.3, -0.25) is 4.79 Å². The summed E-state index contributed by atoms with van der Waals surface area (Å²) in [6.45, 7) is 2.55. The maximum Gasteiger partial charge on any atom is 0.390 e. The van der Waals surface area contributed by atoms with Crippen LogP contribution in [0.2, 0.25) is 0 Å². The fourth-order valence-corrected chi connectivity index (χ4v) is 3.60. The van der Waals surface area contributed by atoms with E-state index in [2.05, 4.69) is 0 Å². The van der Waals surface area contributed by atoms with Crippen LogP contribution in [0.1, 0.15) is 23.0 Å². The molecule has 0 fully saturated rings. The van der Waals surface area contributed by atoms with Crippen LogP contribution < -0.4 is 9.47 Å². The summed E-state index contributed by atoms with van der Waals surface area (Å²) >= 11 is 1.25. The molecule has 0 unspecified atom stereocenters. The summed E-state index contributed by atoms with van der Waals surface area (Å²) in [4.78, 5) is 15.0. The van der Waals surface area contributed by atoms with Crippen LogP contribution in [0, 0.1) is 0 Å². The Hall–Kier alpha value is -2.22. The number of hydrogen-bond acceptors (Lipinski definition) is 4. The number of carbonyl (C=O) groups excluding carboxylic acids is 1. The highest BCUT2D eigenvalue weighted by atomic mass is 32.1. The van der Waals surface area contributed by atoms with E-state index in [-0.39, 0.29) is 19.0 Å². The minimum atomic E-state index is -4.28. The normalized spacial score (nSPS) is 13.5. The lowest BCUT2D eigenvalue weighted by Gasteiger charge is -2.20. The van der Waals surface area contributed by atoms with Crippen molar-refractivity contribution in [2.45, 2.75) is 19.5 Å². The van der Waals surface area contributed by atoms with E-state index in [1.807, 2.05) is 18.2 Å². The van der Waals surface area contributed by atoms with Gasteiger partial charge in [0.2, 0.25) is 0 Å². The van der Waals surface area contributed by atoms with E-state index in [1.165, 1.54) is 16.2 Å². The molecule has 0 bridgehead atoms. The summed E-state index contributed by atoms with van der Waals surface area (Å²) < 4.78 is 48.3. The van der Waals surface area contributed by atoms with Gasteiger partial charge in [-0.05, 0) is 42.8 Å². The van der Waals surface area contributed by atoms with E-state index in [1.54, 1.807) is 19.1 Å². The SMILES string of the molecule is CCN(CCC(F)(F)F)C(=O)c1ccc(-c2ccc3c(c2)OCCO3)s1. The number of thiophene rings is 1. The molecule has 0 atom stereocenters. The summed E-state index contributed by atoms with van der Waals surface area (Å²) in [6.07, 6.45) is -5.29. The quantitative estimate of drug-likeness (QED) is 0.755. The Kier molecular flexibility index (Phi) is 5.41. The molecule has 0 radical (unpaired) electrons. The largest absolute Gasteiger partial charge is 0.486 e. The van der Waals surface area contributed by atoms with Crippen molar-refractivity contribution in [3.8, 4) is 21.9 Å².